The van der Waals surface area contributed by atoms with E-state index in [2.05, 4.69) is 20.9 Å². The zero-order valence-electron chi connectivity index (χ0n) is 9.20. The van der Waals surface area contributed by atoms with Gasteiger partial charge in [-0.15, -0.1) is 0 Å². The van der Waals surface area contributed by atoms with Gasteiger partial charge in [-0.2, -0.15) is 0 Å². The first-order valence-electron chi connectivity index (χ1n) is 5.02. The standard InChI is InChI=1S/C13H12BrNO/c1-9-7-11(8-10(2)13(9)14)16-12-5-3-4-6-15-12/h3-8H,1-2H3. The molecule has 2 nitrogen and oxygen atoms in total. The fourth-order valence-electron chi connectivity index (χ4n) is 1.49. The zero-order valence-corrected chi connectivity index (χ0v) is 10.8. The van der Waals surface area contributed by atoms with Crippen LogP contribution >= 0.6 is 15.9 Å². The monoisotopic (exact) mass is 277 g/mol. The maximum Gasteiger partial charge on any atom is 0.219 e. The lowest BCUT2D eigenvalue weighted by Crippen LogP contribution is -1.89. The van der Waals surface area contributed by atoms with Crippen molar-refractivity contribution in [3.05, 3.63) is 52.1 Å². The summed E-state index contributed by atoms with van der Waals surface area (Å²) >= 11 is 3.53. The molecule has 0 fully saturated rings. The van der Waals surface area contributed by atoms with Crippen molar-refractivity contribution in [1.82, 2.24) is 4.98 Å². The third-order valence-electron chi connectivity index (χ3n) is 2.27. The Kier molecular flexibility index (Phi) is 3.25. The van der Waals surface area contributed by atoms with E-state index < -0.39 is 0 Å². The van der Waals surface area contributed by atoms with Crippen LogP contribution in [0.3, 0.4) is 0 Å². The summed E-state index contributed by atoms with van der Waals surface area (Å²) in [5.41, 5.74) is 2.32. The normalized spacial score (nSPS) is 10.2. The molecule has 0 N–H and O–H groups in total. The van der Waals surface area contributed by atoms with E-state index in [1.54, 1.807) is 6.20 Å². The molecule has 82 valence electrons. The number of nitrogens with zero attached hydrogens (tertiary/aromatic N) is 1. The Morgan fingerprint density at radius 2 is 1.81 bits per heavy atom. The molecule has 0 bridgehead atoms. The molecule has 1 aromatic heterocycles. The highest BCUT2D eigenvalue weighted by Crippen LogP contribution is 2.28. The Morgan fingerprint density at radius 1 is 1.12 bits per heavy atom. The van der Waals surface area contributed by atoms with Crippen molar-refractivity contribution < 1.29 is 4.74 Å². The summed E-state index contributed by atoms with van der Waals surface area (Å²) in [6.07, 6.45) is 1.72. The third kappa shape index (κ3) is 2.42. The van der Waals surface area contributed by atoms with Crippen molar-refractivity contribution in [3.8, 4) is 11.6 Å². The first kappa shape index (κ1) is 11.1. The van der Waals surface area contributed by atoms with Gasteiger partial charge in [0.1, 0.15) is 5.75 Å². The summed E-state index contributed by atoms with van der Waals surface area (Å²) < 4.78 is 6.79. The van der Waals surface area contributed by atoms with Gasteiger partial charge in [-0.1, -0.05) is 22.0 Å². The van der Waals surface area contributed by atoms with E-state index in [9.17, 15) is 0 Å². The predicted molar refractivity (Wildman–Crippen MR) is 67.9 cm³/mol. The summed E-state index contributed by atoms with van der Waals surface area (Å²) in [7, 11) is 0. The van der Waals surface area contributed by atoms with E-state index in [4.69, 9.17) is 4.74 Å². The zero-order chi connectivity index (χ0) is 11.5. The molecule has 0 saturated heterocycles. The average molecular weight is 278 g/mol. The smallest absolute Gasteiger partial charge is 0.219 e. The topological polar surface area (TPSA) is 22.1 Å². The van der Waals surface area contributed by atoms with E-state index in [-0.39, 0.29) is 0 Å². The molecule has 1 heterocycles. The summed E-state index contributed by atoms with van der Waals surface area (Å²) in [5, 5.41) is 0. The number of ether oxygens (including phenoxy) is 1. The molecule has 2 rings (SSSR count). The van der Waals surface area contributed by atoms with Crippen molar-refractivity contribution in [3.63, 3.8) is 0 Å². The van der Waals surface area contributed by atoms with Gasteiger partial charge in [0.05, 0.1) is 0 Å². The second-order valence-electron chi connectivity index (χ2n) is 3.64. The molecule has 0 aliphatic heterocycles. The molecule has 0 saturated carbocycles. The van der Waals surface area contributed by atoms with Crippen LogP contribution in [-0.2, 0) is 0 Å². The van der Waals surface area contributed by atoms with Gasteiger partial charge in [-0.3, -0.25) is 0 Å². The number of hydrogen-bond donors (Lipinski definition) is 0. The van der Waals surface area contributed by atoms with Gasteiger partial charge < -0.3 is 4.74 Å². The van der Waals surface area contributed by atoms with Gasteiger partial charge in [0.25, 0.3) is 0 Å². The first-order chi connectivity index (χ1) is 7.66. The lowest BCUT2D eigenvalue weighted by atomic mass is 10.1. The molecule has 0 atom stereocenters. The van der Waals surface area contributed by atoms with Gasteiger partial charge in [0, 0.05) is 16.7 Å². The SMILES string of the molecule is Cc1cc(Oc2ccccn2)cc(C)c1Br. The number of aromatic nitrogens is 1. The summed E-state index contributed by atoms with van der Waals surface area (Å²) in [6.45, 7) is 4.09. The molecule has 2 aromatic rings. The van der Waals surface area contributed by atoms with E-state index in [1.807, 2.05) is 44.2 Å². The highest BCUT2D eigenvalue weighted by Gasteiger charge is 2.04. The Bertz CT molecular complexity index is 474. The Hall–Kier alpha value is -1.35. The van der Waals surface area contributed by atoms with Crippen LogP contribution in [0.2, 0.25) is 0 Å². The highest BCUT2D eigenvalue weighted by atomic mass is 79.9. The fourth-order valence-corrected chi connectivity index (χ4v) is 1.72. The number of pyridine rings is 1. The molecular weight excluding hydrogens is 266 g/mol. The van der Waals surface area contributed by atoms with E-state index in [0.29, 0.717) is 5.88 Å². The van der Waals surface area contributed by atoms with Crippen molar-refractivity contribution in [2.24, 2.45) is 0 Å². The molecule has 0 radical (unpaired) electrons. The van der Waals surface area contributed by atoms with Gasteiger partial charge >= 0.3 is 0 Å². The lowest BCUT2D eigenvalue weighted by Gasteiger charge is -2.08. The molecule has 16 heavy (non-hydrogen) atoms. The Labute approximate surface area is 103 Å². The van der Waals surface area contributed by atoms with Gasteiger partial charge in [-0.25, -0.2) is 4.98 Å². The third-order valence-corrected chi connectivity index (χ3v) is 3.52. The quantitative estimate of drug-likeness (QED) is 0.819. The molecule has 0 amide bonds. The fraction of sp³-hybridized carbons (Fsp3) is 0.154. The van der Waals surface area contributed by atoms with Crippen LogP contribution in [0.15, 0.2) is 41.0 Å². The number of hydrogen-bond acceptors (Lipinski definition) is 2. The number of benzene rings is 1. The number of halogens is 1. The van der Waals surface area contributed by atoms with Crippen LogP contribution < -0.4 is 4.74 Å². The summed E-state index contributed by atoms with van der Waals surface area (Å²) in [6, 6.07) is 9.59. The molecule has 0 aliphatic rings. The molecule has 0 spiro atoms. The van der Waals surface area contributed by atoms with E-state index in [1.165, 1.54) is 0 Å². The maximum atomic E-state index is 5.66. The van der Waals surface area contributed by atoms with Crippen molar-refractivity contribution in [2.75, 3.05) is 0 Å². The van der Waals surface area contributed by atoms with Crippen LogP contribution in [0.5, 0.6) is 11.6 Å². The largest absolute Gasteiger partial charge is 0.439 e. The van der Waals surface area contributed by atoms with Gasteiger partial charge in [0.15, 0.2) is 0 Å². The van der Waals surface area contributed by atoms with Crippen LogP contribution in [0.25, 0.3) is 0 Å². The Balaban J connectivity index is 2.29. The van der Waals surface area contributed by atoms with Crippen molar-refractivity contribution in [2.45, 2.75) is 13.8 Å². The summed E-state index contributed by atoms with van der Waals surface area (Å²) in [4.78, 5) is 4.12. The molecule has 0 aliphatic carbocycles. The maximum absolute atomic E-state index is 5.66. The minimum atomic E-state index is 0.614. The van der Waals surface area contributed by atoms with E-state index in [0.717, 1.165) is 21.3 Å². The summed E-state index contributed by atoms with van der Waals surface area (Å²) in [5.74, 6) is 1.43. The molecule has 3 heteroatoms. The highest BCUT2D eigenvalue weighted by molar-refractivity contribution is 9.10. The van der Waals surface area contributed by atoms with Crippen molar-refractivity contribution in [1.29, 1.82) is 0 Å². The van der Waals surface area contributed by atoms with Crippen LogP contribution in [0.4, 0.5) is 0 Å². The minimum absolute atomic E-state index is 0.614. The molecule has 0 unspecified atom stereocenters. The van der Waals surface area contributed by atoms with Crippen LogP contribution in [0.1, 0.15) is 11.1 Å². The minimum Gasteiger partial charge on any atom is -0.439 e. The van der Waals surface area contributed by atoms with E-state index >= 15 is 0 Å². The Morgan fingerprint density at radius 3 is 2.38 bits per heavy atom. The van der Waals surface area contributed by atoms with Crippen LogP contribution in [0, 0.1) is 13.8 Å². The number of rotatable bonds is 2. The molecular formula is C13H12BrNO. The van der Waals surface area contributed by atoms with Gasteiger partial charge in [0.2, 0.25) is 5.88 Å². The predicted octanol–water partition coefficient (Wildman–Crippen LogP) is 4.25. The second-order valence-corrected chi connectivity index (χ2v) is 4.43. The molecule has 1 aromatic carbocycles. The lowest BCUT2D eigenvalue weighted by molar-refractivity contribution is 0.462. The average Bonchev–Trinajstić information content (AvgIpc) is 2.27. The first-order valence-corrected chi connectivity index (χ1v) is 5.82. The number of aryl methyl sites for hydroxylation is 2. The van der Waals surface area contributed by atoms with Crippen molar-refractivity contribution >= 4 is 15.9 Å². The van der Waals surface area contributed by atoms with Gasteiger partial charge in [-0.05, 0) is 43.2 Å². The second kappa shape index (κ2) is 4.66. The van der Waals surface area contributed by atoms with Crippen LogP contribution in [-0.4, -0.2) is 4.98 Å².